The summed E-state index contributed by atoms with van der Waals surface area (Å²) in [4.78, 5) is 23.0. The minimum Gasteiger partial charge on any atom is -0.315 e. The van der Waals surface area contributed by atoms with E-state index in [-0.39, 0.29) is 0 Å². The first-order chi connectivity index (χ1) is 8.66. The molecule has 18 heavy (non-hydrogen) atoms. The Morgan fingerprint density at radius 2 is 1.83 bits per heavy atom. The predicted octanol–water partition coefficient (Wildman–Crippen LogP) is 0.717. The topological polar surface area (TPSA) is 56.0 Å². The lowest BCUT2D eigenvalue weighted by Gasteiger charge is -2.07. The fraction of sp³-hybridized carbons (Fsp3) is 0.692. The largest absolute Gasteiger partial charge is 0.316 e. The summed E-state index contributed by atoms with van der Waals surface area (Å²) < 4.78 is 2.76. The van der Waals surface area contributed by atoms with E-state index in [2.05, 4.69) is 12.2 Å². The second-order valence-electron chi connectivity index (χ2n) is 4.52. The normalized spacial score (nSPS) is 10.8. The Kier molecular flexibility index (Phi) is 6.43. The van der Waals surface area contributed by atoms with Crippen LogP contribution in [0.2, 0.25) is 0 Å². The number of nitrogens with one attached hydrogen (secondary N) is 1. The Balaban J connectivity index is 2.30. The zero-order chi connectivity index (χ0) is 13.4. The van der Waals surface area contributed by atoms with Crippen molar-refractivity contribution in [3.63, 3.8) is 0 Å². The third-order valence-corrected chi connectivity index (χ3v) is 2.97. The standard InChI is InChI=1S/C13H23N3O2/c1-3-4-5-6-7-14-8-9-16-11-10-15(2)12(17)13(16)18/h10-11,14H,3-9H2,1-2H3. The molecule has 0 atom stereocenters. The van der Waals surface area contributed by atoms with Crippen LogP contribution in [-0.4, -0.2) is 22.2 Å². The molecule has 1 N–H and O–H groups in total. The highest BCUT2D eigenvalue weighted by Gasteiger charge is 2.01. The van der Waals surface area contributed by atoms with Gasteiger partial charge in [0.1, 0.15) is 0 Å². The fourth-order valence-corrected chi connectivity index (χ4v) is 1.77. The average molecular weight is 253 g/mol. The van der Waals surface area contributed by atoms with Crippen LogP contribution >= 0.6 is 0 Å². The van der Waals surface area contributed by atoms with Crippen LogP contribution in [0.25, 0.3) is 0 Å². The first kappa shape index (κ1) is 14.7. The van der Waals surface area contributed by atoms with Gasteiger partial charge < -0.3 is 14.5 Å². The maximum atomic E-state index is 11.6. The van der Waals surface area contributed by atoms with E-state index in [1.807, 2.05) is 0 Å². The van der Waals surface area contributed by atoms with Crippen LogP contribution in [0.5, 0.6) is 0 Å². The fourth-order valence-electron chi connectivity index (χ4n) is 1.77. The zero-order valence-corrected chi connectivity index (χ0v) is 11.3. The lowest BCUT2D eigenvalue weighted by Crippen LogP contribution is -2.40. The molecule has 0 fully saturated rings. The van der Waals surface area contributed by atoms with Crippen molar-refractivity contribution in [1.82, 2.24) is 14.5 Å². The summed E-state index contributed by atoms with van der Waals surface area (Å²) in [5.74, 6) is 0. The van der Waals surface area contributed by atoms with Crippen molar-refractivity contribution in [1.29, 1.82) is 0 Å². The second-order valence-corrected chi connectivity index (χ2v) is 4.52. The Labute approximate surface area is 107 Å². The van der Waals surface area contributed by atoms with Crippen molar-refractivity contribution in [3.8, 4) is 0 Å². The van der Waals surface area contributed by atoms with E-state index in [1.165, 1.54) is 34.8 Å². The van der Waals surface area contributed by atoms with Gasteiger partial charge in [-0.2, -0.15) is 0 Å². The van der Waals surface area contributed by atoms with Crippen molar-refractivity contribution in [2.45, 2.75) is 39.2 Å². The molecule has 5 heteroatoms. The summed E-state index contributed by atoms with van der Waals surface area (Å²) in [7, 11) is 1.58. The quantitative estimate of drug-likeness (QED) is 0.548. The molecule has 0 aliphatic heterocycles. The van der Waals surface area contributed by atoms with Gasteiger partial charge in [-0.1, -0.05) is 26.2 Å². The van der Waals surface area contributed by atoms with Crippen LogP contribution in [-0.2, 0) is 13.6 Å². The highest BCUT2D eigenvalue weighted by atomic mass is 16.2. The van der Waals surface area contributed by atoms with E-state index in [0.717, 1.165) is 13.1 Å². The van der Waals surface area contributed by atoms with Gasteiger partial charge in [-0.05, 0) is 13.0 Å². The minimum absolute atomic E-state index is 0.451. The molecule has 0 aliphatic rings. The van der Waals surface area contributed by atoms with Gasteiger partial charge in [-0.15, -0.1) is 0 Å². The van der Waals surface area contributed by atoms with Gasteiger partial charge >= 0.3 is 11.1 Å². The smallest absolute Gasteiger partial charge is 0.315 e. The van der Waals surface area contributed by atoms with E-state index in [0.29, 0.717) is 6.54 Å². The third-order valence-electron chi connectivity index (χ3n) is 2.97. The van der Waals surface area contributed by atoms with Gasteiger partial charge in [-0.3, -0.25) is 9.59 Å². The van der Waals surface area contributed by atoms with Crippen LogP contribution in [0.15, 0.2) is 22.0 Å². The molecule has 5 nitrogen and oxygen atoms in total. The molecule has 0 unspecified atom stereocenters. The second kappa shape index (κ2) is 7.87. The van der Waals surface area contributed by atoms with E-state index < -0.39 is 11.1 Å². The highest BCUT2D eigenvalue weighted by Crippen LogP contribution is 1.96. The van der Waals surface area contributed by atoms with Crippen molar-refractivity contribution in [2.75, 3.05) is 13.1 Å². The third kappa shape index (κ3) is 4.49. The van der Waals surface area contributed by atoms with Gasteiger partial charge in [0.05, 0.1) is 0 Å². The molecular formula is C13H23N3O2. The number of aromatic nitrogens is 2. The van der Waals surface area contributed by atoms with E-state index in [1.54, 1.807) is 19.4 Å². The molecule has 1 aromatic heterocycles. The molecule has 0 radical (unpaired) electrons. The molecule has 0 bridgehead atoms. The maximum absolute atomic E-state index is 11.6. The summed E-state index contributed by atoms with van der Waals surface area (Å²) >= 11 is 0. The molecule has 0 amide bonds. The van der Waals surface area contributed by atoms with Gasteiger partial charge in [0, 0.05) is 32.5 Å². The number of unbranched alkanes of at least 4 members (excludes halogenated alkanes) is 3. The van der Waals surface area contributed by atoms with Crippen molar-refractivity contribution >= 4 is 0 Å². The van der Waals surface area contributed by atoms with Crippen LogP contribution < -0.4 is 16.4 Å². The predicted molar refractivity (Wildman–Crippen MR) is 73.0 cm³/mol. The molecular weight excluding hydrogens is 230 g/mol. The molecule has 102 valence electrons. The number of hydrogen-bond donors (Lipinski definition) is 1. The first-order valence-electron chi connectivity index (χ1n) is 6.63. The van der Waals surface area contributed by atoms with Gasteiger partial charge in [0.25, 0.3) is 0 Å². The lowest BCUT2D eigenvalue weighted by atomic mass is 10.2. The van der Waals surface area contributed by atoms with Gasteiger partial charge in [-0.25, -0.2) is 0 Å². The lowest BCUT2D eigenvalue weighted by molar-refractivity contribution is 0.547. The molecule has 1 aromatic rings. The zero-order valence-electron chi connectivity index (χ0n) is 11.3. The summed E-state index contributed by atoms with van der Waals surface area (Å²) in [5, 5.41) is 3.29. The molecule has 1 heterocycles. The Morgan fingerprint density at radius 3 is 2.56 bits per heavy atom. The Morgan fingerprint density at radius 1 is 1.06 bits per heavy atom. The minimum atomic E-state index is -0.472. The SMILES string of the molecule is CCCCCCNCCn1ccn(C)c(=O)c1=O. The molecule has 1 rings (SSSR count). The Hall–Kier alpha value is -1.36. The number of nitrogens with zero attached hydrogens (tertiary/aromatic N) is 2. The number of aryl methyl sites for hydroxylation is 1. The van der Waals surface area contributed by atoms with E-state index in [4.69, 9.17) is 0 Å². The summed E-state index contributed by atoms with van der Waals surface area (Å²) in [6, 6.07) is 0. The number of rotatable bonds is 8. The highest BCUT2D eigenvalue weighted by molar-refractivity contribution is 4.84. The summed E-state index contributed by atoms with van der Waals surface area (Å²) in [6.07, 6.45) is 8.20. The van der Waals surface area contributed by atoms with Crippen molar-refractivity contribution in [2.24, 2.45) is 7.05 Å². The molecule has 0 spiro atoms. The van der Waals surface area contributed by atoms with Gasteiger partial charge in [0.15, 0.2) is 0 Å². The van der Waals surface area contributed by atoms with Gasteiger partial charge in [0.2, 0.25) is 0 Å². The van der Waals surface area contributed by atoms with E-state index >= 15 is 0 Å². The van der Waals surface area contributed by atoms with Crippen molar-refractivity contribution in [3.05, 3.63) is 33.1 Å². The summed E-state index contributed by atoms with van der Waals surface area (Å²) in [6.45, 7) is 4.43. The molecule has 0 saturated carbocycles. The molecule has 0 aliphatic carbocycles. The van der Waals surface area contributed by atoms with Crippen LogP contribution in [0.3, 0.4) is 0 Å². The Bertz CT molecular complexity index is 462. The average Bonchev–Trinajstić information content (AvgIpc) is 2.37. The maximum Gasteiger partial charge on any atom is 0.316 e. The molecule has 0 saturated heterocycles. The van der Waals surface area contributed by atoms with Crippen LogP contribution in [0.1, 0.15) is 32.6 Å². The summed E-state index contributed by atoms with van der Waals surface area (Å²) in [5.41, 5.74) is -0.923. The van der Waals surface area contributed by atoms with E-state index in [9.17, 15) is 9.59 Å². The first-order valence-corrected chi connectivity index (χ1v) is 6.63. The van der Waals surface area contributed by atoms with Crippen LogP contribution in [0, 0.1) is 0 Å². The van der Waals surface area contributed by atoms with Crippen LogP contribution in [0.4, 0.5) is 0 Å². The number of hydrogen-bond acceptors (Lipinski definition) is 3. The molecule has 0 aromatic carbocycles. The monoisotopic (exact) mass is 253 g/mol. The van der Waals surface area contributed by atoms with Crippen molar-refractivity contribution < 1.29 is 0 Å².